The van der Waals surface area contributed by atoms with Crippen molar-refractivity contribution >= 4 is 17.3 Å². The minimum atomic E-state index is 0.622. The Morgan fingerprint density at radius 2 is 2.31 bits per heavy atom. The molecule has 0 amide bonds. The third-order valence-corrected chi connectivity index (χ3v) is 2.96. The molecule has 1 nitrogen and oxygen atoms in total. The maximum absolute atomic E-state index is 5.79. The van der Waals surface area contributed by atoms with Crippen LogP contribution in [0.25, 0.3) is 0 Å². The molecule has 0 atom stereocenters. The summed E-state index contributed by atoms with van der Waals surface area (Å²) in [6.45, 7) is 1.17. The van der Waals surface area contributed by atoms with Crippen LogP contribution < -0.4 is 4.90 Å². The third kappa shape index (κ3) is 1.66. The highest BCUT2D eigenvalue weighted by Crippen LogP contribution is 2.27. The summed E-state index contributed by atoms with van der Waals surface area (Å²) in [6.07, 6.45) is 2.46. The van der Waals surface area contributed by atoms with Gasteiger partial charge < -0.3 is 4.90 Å². The minimum absolute atomic E-state index is 0.622. The number of benzene rings is 1. The van der Waals surface area contributed by atoms with Crippen molar-refractivity contribution < 1.29 is 0 Å². The number of rotatable bonds is 1. The monoisotopic (exact) mass is 195 g/mol. The van der Waals surface area contributed by atoms with Gasteiger partial charge in [-0.15, -0.1) is 11.6 Å². The molecule has 0 spiro atoms. The molecule has 1 aliphatic rings. The fraction of sp³-hybridized carbons (Fsp3) is 0.455. The van der Waals surface area contributed by atoms with E-state index in [1.54, 1.807) is 0 Å². The zero-order valence-electron chi connectivity index (χ0n) is 7.89. The van der Waals surface area contributed by atoms with E-state index in [2.05, 4.69) is 30.1 Å². The molecule has 0 N–H and O–H groups in total. The van der Waals surface area contributed by atoms with E-state index in [-0.39, 0.29) is 0 Å². The Labute approximate surface area is 84.3 Å². The first-order valence-electron chi connectivity index (χ1n) is 4.70. The fourth-order valence-electron chi connectivity index (χ4n) is 1.92. The van der Waals surface area contributed by atoms with Crippen LogP contribution in [0.4, 0.5) is 5.69 Å². The lowest BCUT2D eigenvalue weighted by Gasteiger charge is -2.27. The molecule has 1 heterocycles. The van der Waals surface area contributed by atoms with Gasteiger partial charge >= 0.3 is 0 Å². The summed E-state index contributed by atoms with van der Waals surface area (Å²) in [5.74, 6) is 0.622. The van der Waals surface area contributed by atoms with Crippen molar-refractivity contribution in [3.63, 3.8) is 0 Å². The number of fused-ring (bicyclic) bond motifs is 1. The molecule has 13 heavy (non-hydrogen) atoms. The topological polar surface area (TPSA) is 3.24 Å². The normalized spacial score (nSPS) is 15.7. The zero-order valence-corrected chi connectivity index (χ0v) is 8.64. The number of halogens is 1. The Hall–Kier alpha value is -0.690. The molecule has 0 fully saturated rings. The molecule has 0 radical (unpaired) electrons. The van der Waals surface area contributed by atoms with Gasteiger partial charge in [-0.25, -0.2) is 0 Å². The van der Waals surface area contributed by atoms with E-state index in [0.717, 1.165) is 0 Å². The number of hydrogen-bond acceptors (Lipinski definition) is 1. The van der Waals surface area contributed by atoms with Crippen molar-refractivity contribution in [2.45, 2.75) is 18.7 Å². The van der Waals surface area contributed by atoms with Crippen molar-refractivity contribution in [3.05, 3.63) is 29.3 Å². The number of alkyl halides is 1. The van der Waals surface area contributed by atoms with Crippen molar-refractivity contribution in [1.82, 2.24) is 0 Å². The van der Waals surface area contributed by atoms with Gasteiger partial charge in [0.15, 0.2) is 0 Å². The maximum Gasteiger partial charge on any atom is 0.0474 e. The molecule has 0 aliphatic carbocycles. The SMILES string of the molecule is CN1CCCc2cc(CCl)ccc21. The van der Waals surface area contributed by atoms with E-state index < -0.39 is 0 Å². The molecule has 1 aromatic rings. The standard InChI is InChI=1S/C11H14ClN/c1-13-6-2-3-10-7-9(8-12)4-5-11(10)13/h4-5,7H,2-3,6,8H2,1H3. The van der Waals surface area contributed by atoms with E-state index >= 15 is 0 Å². The molecule has 2 heteroatoms. The Kier molecular flexibility index (Phi) is 2.45. The van der Waals surface area contributed by atoms with Crippen LogP contribution in [0.3, 0.4) is 0 Å². The Morgan fingerprint density at radius 1 is 1.46 bits per heavy atom. The van der Waals surface area contributed by atoms with Gasteiger partial charge in [-0.2, -0.15) is 0 Å². The van der Waals surface area contributed by atoms with Crippen molar-refractivity contribution in [2.75, 3.05) is 18.5 Å². The molecule has 0 aromatic heterocycles. The number of anilines is 1. The average Bonchev–Trinajstić information content (AvgIpc) is 2.18. The van der Waals surface area contributed by atoms with Crippen LogP contribution in [-0.2, 0) is 12.3 Å². The quantitative estimate of drug-likeness (QED) is 0.623. The number of nitrogens with zero attached hydrogens (tertiary/aromatic N) is 1. The van der Waals surface area contributed by atoms with Gasteiger partial charge in [-0.1, -0.05) is 12.1 Å². The lowest BCUT2D eigenvalue weighted by molar-refractivity contribution is 0.743. The van der Waals surface area contributed by atoms with Crippen LogP contribution in [0, 0.1) is 0 Å². The Bertz CT molecular complexity index is 309. The van der Waals surface area contributed by atoms with Gasteiger partial charge in [0.1, 0.15) is 0 Å². The molecule has 0 saturated carbocycles. The largest absolute Gasteiger partial charge is 0.374 e. The molecular formula is C11H14ClN. The summed E-state index contributed by atoms with van der Waals surface area (Å²) in [4.78, 5) is 2.32. The van der Waals surface area contributed by atoms with Gasteiger partial charge in [0.25, 0.3) is 0 Å². The van der Waals surface area contributed by atoms with Crippen LogP contribution in [0.1, 0.15) is 17.5 Å². The Morgan fingerprint density at radius 3 is 3.08 bits per heavy atom. The highest BCUT2D eigenvalue weighted by Gasteiger charge is 2.12. The van der Waals surface area contributed by atoms with Gasteiger partial charge in [-0.05, 0) is 30.0 Å². The molecule has 2 rings (SSSR count). The van der Waals surface area contributed by atoms with Gasteiger partial charge in [0.05, 0.1) is 0 Å². The first kappa shape index (κ1) is 8.89. The molecule has 1 aromatic carbocycles. The molecule has 0 bridgehead atoms. The predicted octanol–water partition coefficient (Wildman–Crippen LogP) is 2.81. The molecule has 70 valence electrons. The lowest BCUT2D eigenvalue weighted by atomic mass is 10.0. The molecular weight excluding hydrogens is 182 g/mol. The van der Waals surface area contributed by atoms with E-state index in [0.29, 0.717) is 5.88 Å². The van der Waals surface area contributed by atoms with Crippen LogP contribution in [-0.4, -0.2) is 13.6 Å². The van der Waals surface area contributed by atoms with Gasteiger partial charge in [0, 0.05) is 25.2 Å². The van der Waals surface area contributed by atoms with E-state index in [1.165, 1.54) is 36.2 Å². The van der Waals surface area contributed by atoms with Gasteiger partial charge in [-0.3, -0.25) is 0 Å². The Balaban J connectivity index is 2.39. The maximum atomic E-state index is 5.79. The van der Waals surface area contributed by atoms with Crippen LogP contribution >= 0.6 is 11.6 Å². The van der Waals surface area contributed by atoms with E-state index in [4.69, 9.17) is 11.6 Å². The van der Waals surface area contributed by atoms with Crippen LogP contribution in [0.15, 0.2) is 18.2 Å². The summed E-state index contributed by atoms with van der Waals surface area (Å²) in [7, 11) is 2.15. The lowest BCUT2D eigenvalue weighted by Crippen LogP contribution is -2.24. The molecule has 0 unspecified atom stereocenters. The van der Waals surface area contributed by atoms with Gasteiger partial charge in [0.2, 0.25) is 0 Å². The van der Waals surface area contributed by atoms with Crippen molar-refractivity contribution in [1.29, 1.82) is 0 Å². The minimum Gasteiger partial charge on any atom is -0.374 e. The summed E-state index contributed by atoms with van der Waals surface area (Å²) < 4.78 is 0. The van der Waals surface area contributed by atoms with Crippen molar-refractivity contribution in [3.8, 4) is 0 Å². The first-order chi connectivity index (χ1) is 6.31. The molecule has 1 aliphatic heterocycles. The van der Waals surface area contributed by atoms with Crippen LogP contribution in [0.2, 0.25) is 0 Å². The highest BCUT2D eigenvalue weighted by molar-refractivity contribution is 6.17. The molecule has 0 saturated heterocycles. The summed E-state index contributed by atoms with van der Waals surface area (Å²) in [5.41, 5.74) is 4.06. The van der Waals surface area contributed by atoms with Crippen molar-refractivity contribution in [2.24, 2.45) is 0 Å². The second-order valence-electron chi connectivity index (χ2n) is 3.62. The summed E-state index contributed by atoms with van der Waals surface area (Å²) in [6, 6.07) is 6.54. The third-order valence-electron chi connectivity index (χ3n) is 2.65. The number of aryl methyl sites for hydroxylation is 1. The second-order valence-corrected chi connectivity index (χ2v) is 3.89. The fourth-order valence-corrected chi connectivity index (χ4v) is 2.09. The van der Waals surface area contributed by atoms with E-state index in [9.17, 15) is 0 Å². The van der Waals surface area contributed by atoms with Crippen LogP contribution in [0.5, 0.6) is 0 Å². The summed E-state index contributed by atoms with van der Waals surface area (Å²) >= 11 is 5.79. The average molecular weight is 196 g/mol. The predicted molar refractivity (Wildman–Crippen MR) is 57.6 cm³/mol. The van der Waals surface area contributed by atoms with E-state index in [1.807, 2.05) is 0 Å². The number of hydrogen-bond donors (Lipinski definition) is 0. The first-order valence-corrected chi connectivity index (χ1v) is 5.23. The second kappa shape index (κ2) is 3.59. The zero-order chi connectivity index (χ0) is 9.26. The summed E-state index contributed by atoms with van der Waals surface area (Å²) in [5, 5.41) is 0. The smallest absolute Gasteiger partial charge is 0.0474 e. The highest BCUT2D eigenvalue weighted by atomic mass is 35.5.